The number of carbonyl (C=O) groups excluding carboxylic acids is 1. The van der Waals surface area contributed by atoms with E-state index in [0.29, 0.717) is 9.78 Å². The summed E-state index contributed by atoms with van der Waals surface area (Å²) in [5.74, 6) is -0.350. The lowest BCUT2D eigenvalue weighted by molar-refractivity contribution is -0.297. The fourth-order valence-corrected chi connectivity index (χ4v) is 9.76. The Morgan fingerprint density at radius 2 is 0.966 bits per heavy atom. The summed E-state index contributed by atoms with van der Waals surface area (Å²) in [6.45, 7) is 8.89. The zero-order valence-corrected chi connectivity index (χ0v) is 36.2. The number of benzene rings is 4. The topological polar surface area (TPSA) is 46.4 Å². The van der Waals surface area contributed by atoms with Gasteiger partial charge in [0.15, 0.2) is 5.78 Å². The van der Waals surface area contributed by atoms with E-state index >= 15 is 0 Å². The number of unbranched alkanes of at least 4 members (excludes halogenated alkanes) is 4. The van der Waals surface area contributed by atoms with E-state index in [2.05, 4.69) is 134 Å². The van der Waals surface area contributed by atoms with Gasteiger partial charge in [-0.05, 0) is 128 Å². The summed E-state index contributed by atoms with van der Waals surface area (Å²) >= 11 is 3.00. The minimum atomic E-state index is -0.175. The number of thioether (sulfide) groups is 1. The second-order valence-corrected chi connectivity index (χ2v) is 17.6. The van der Waals surface area contributed by atoms with Crippen LogP contribution in [0, 0.1) is 0 Å². The van der Waals surface area contributed by atoms with Gasteiger partial charge in [0.1, 0.15) is 5.00 Å². The minimum Gasteiger partial charge on any atom is -0.871 e. The molecule has 2 heterocycles. The van der Waals surface area contributed by atoms with Crippen LogP contribution in [0.25, 0.3) is 5.57 Å². The molecule has 0 N–H and O–H groups in total. The maximum atomic E-state index is 14.0. The molecule has 0 fully saturated rings. The Morgan fingerprint density at radius 3 is 1.38 bits per heavy atom. The van der Waals surface area contributed by atoms with E-state index in [0.717, 1.165) is 58.5 Å². The van der Waals surface area contributed by atoms with Gasteiger partial charge in [-0.25, -0.2) is 0 Å². The van der Waals surface area contributed by atoms with Gasteiger partial charge in [-0.2, -0.15) is 0 Å². The Bertz CT molecular complexity index is 2200. The molecule has 58 heavy (non-hydrogen) atoms. The predicted molar refractivity (Wildman–Crippen MR) is 248 cm³/mol. The highest BCUT2D eigenvalue weighted by molar-refractivity contribution is 8.18. The third-order valence-electron chi connectivity index (χ3n) is 11.1. The van der Waals surface area contributed by atoms with Crippen molar-refractivity contribution in [2.24, 2.45) is 0 Å². The van der Waals surface area contributed by atoms with E-state index in [1.807, 2.05) is 24.3 Å². The number of Topliss-reactive ketones (excluding diaryl/α,β-unsaturated/α-hetero) is 1. The lowest BCUT2D eigenvalue weighted by atomic mass is 9.86. The van der Waals surface area contributed by atoms with Crippen LogP contribution in [-0.2, 0) is 30.5 Å². The molecular formula is C52H56N2O2S2. The average Bonchev–Trinajstić information content (AvgIpc) is 3.93. The molecule has 1 aliphatic heterocycles. The molecule has 0 atom stereocenters. The molecular weight excluding hydrogens is 749 g/mol. The zero-order chi connectivity index (χ0) is 40.4. The van der Waals surface area contributed by atoms with Gasteiger partial charge < -0.3 is 10.0 Å². The third-order valence-corrected chi connectivity index (χ3v) is 13.3. The molecule has 6 heteroatoms. The van der Waals surface area contributed by atoms with Crippen molar-refractivity contribution >= 4 is 67.2 Å². The van der Waals surface area contributed by atoms with Crippen LogP contribution in [0.5, 0.6) is 0 Å². The van der Waals surface area contributed by atoms with E-state index in [1.165, 1.54) is 96.7 Å². The summed E-state index contributed by atoms with van der Waals surface area (Å²) in [5.41, 5.74) is 10.1. The third kappa shape index (κ3) is 9.35. The fourth-order valence-electron chi connectivity index (χ4n) is 7.58. The molecule has 0 spiro atoms. The molecule has 298 valence electrons. The molecule has 1 aliphatic carbocycles. The first-order chi connectivity index (χ1) is 28.4. The van der Waals surface area contributed by atoms with E-state index in [4.69, 9.17) is 0 Å². The van der Waals surface area contributed by atoms with Gasteiger partial charge >= 0.3 is 0 Å². The van der Waals surface area contributed by atoms with Gasteiger partial charge in [-0.15, -0.1) is 15.9 Å². The first-order valence-corrected chi connectivity index (χ1v) is 23.0. The summed E-state index contributed by atoms with van der Waals surface area (Å²) in [6.07, 6.45) is 17.6. The Kier molecular flexibility index (Phi) is 14.0. The summed E-state index contributed by atoms with van der Waals surface area (Å²) in [5, 5.41) is 15.9. The number of ketones is 1. The van der Waals surface area contributed by atoms with Gasteiger partial charge in [0.25, 0.3) is 5.04 Å². The quantitative estimate of drug-likeness (QED) is 0.0654. The van der Waals surface area contributed by atoms with Crippen molar-refractivity contribution < 1.29 is 9.90 Å². The lowest BCUT2D eigenvalue weighted by Gasteiger charge is -2.30. The molecule has 0 unspecified atom stereocenters. The monoisotopic (exact) mass is 804 g/mol. The molecule has 4 aromatic carbocycles. The second kappa shape index (κ2) is 19.7. The molecule has 1 aromatic heterocycles. The molecule has 0 radical (unpaired) electrons. The Morgan fingerprint density at radius 1 is 0.534 bits per heavy atom. The highest BCUT2D eigenvalue weighted by Crippen LogP contribution is 2.47. The van der Waals surface area contributed by atoms with Crippen molar-refractivity contribution in [2.75, 3.05) is 4.90 Å². The molecule has 0 bridgehead atoms. The number of rotatable bonds is 18. The van der Waals surface area contributed by atoms with Gasteiger partial charge in [-0.1, -0.05) is 108 Å². The normalized spacial score (nSPS) is 15.0. The number of hydrogen-bond acceptors (Lipinski definition) is 5. The van der Waals surface area contributed by atoms with E-state index in [-0.39, 0.29) is 22.7 Å². The van der Waals surface area contributed by atoms with E-state index in [9.17, 15) is 9.90 Å². The predicted octanol–water partition coefficient (Wildman–Crippen LogP) is 13.7. The van der Waals surface area contributed by atoms with Crippen LogP contribution < -0.4 is 14.6 Å². The Labute approximate surface area is 354 Å². The maximum Gasteiger partial charge on any atom is 0.251 e. The lowest BCUT2D eigenvalue weighted by Crippen LogP contribution is -2.29. The van der Waals surface area contributed by atoms with Crippen LogP contribution in [0.3, 0.4) is 0 Å². The smallest absolute Gasteiger partial charge is 0.251 e. The van der Waals surface area contributed by atoms with Crippen LogP contribution in [-0.4, -0.2) is 10.8 Å². The SMILES string of the molecule is CCCCc1ccc(N(c2ccc(CCCC)cc2)c2ccc(C3=C([O-])/C(=C4\C=CC(=[N+](c5ccc(CCCC)cc5)c5ccc(CCCC)cc5)S4)C3=O)s2)cc1. The molecule has 0 saturated carbocycles. The van der Waals surface area contributed by atoms with Gasteiger partial charge in [0.05, 0.1) is 0 Å². The zero-order valence-electron chi connectivity index (χ0n) is 34.6. The Hall–Kier alpha value is -4.91. The number of aryl methyl sites for hydroxylation is 4. The molecule has 0 amide bonds. The van der Waals surface area contributed by atoms with Crippen molar-refractivity contribution in [2.45, 2.75) is 105 Å². The number of carbonyl (C=O) groups is 1. The highest BCUT2D eigenvalue weighted by atomic mass is 32.2. The van der Waals surface area contributed by atoms with Gasteiger partial charge in [0.2, 0.25) is 11.4 Å². The molecule has 2 aliphatic rings. The number of thiophene rings is 1. The van der Waals surface area contributed by atoms with Crippen LogP contribution >= 0.6 is 23.1 Å². The largest absolute Gasteiger partial charge is 0.871 e. The molecule has 5 aromatic rings. The average molecular weight is 805 g/mol. The van der Waals surface area contributed by atoms with E-state index in [1.54, 1.807) is 0 Å². The van der Waals surface area contributed by atoms with Crippen LogP contribution in [0.1, 0.15) is 106 Å². The minimum absolute atomic E-state index is 0.175. The maximum absolute atomic E-state index is 14.0. The number of anilines is 3. The van der Waals surface area contributed by atoms with Crippen LogP contribution in [0.2, 0.25) is 0 Å². The van der Waals surface area contributed by atoms with Crippen molar-refractivity contribution in [3.63, 3.8) is 0 Å². The summed E-state index contributed by atoms with van der Waals surface area (Å²) in [7, 11) is 0. The van der Waals surface area contributed by atoms with Gasteiger partial charge in [0, 0.05) is 62.6 Å². The van der Waals surface area contributed by atoms with Crippen molar-refractivity contribution in [3.05, 3.63) is 165 Å². The number of hydrogen-bond donors (Lipinski definition) is 0. The number of nitrogens with zero attached hydrogens (tertiary/aromatic N) is 2. The Balaban J connectivity index is 1.19. The van der Waals surface area contributed by atoms with Crippen molar-refractivity contribution in [1.82, 2.24) is 4.58 Å². The van der Waals surface area contributed by atoms with Crippen molar-refractivity contribution in [1.29, 1.82) is 0 Å². The first-order valence-electron chi connectivity index (χ1n) is 21.4. The molecule has 7 rings (SSSR count). The van der Waals surface area contributed by atoms with Crippen LogP contribution in [0.15, 0.2) is 138 Å². The molecule has 0 saturated heterocycles. The summed E-state index contributed by atoms with van der Waals surface area (Å²) < 4.78 is 2.24. The van der Waals surface area contributed by atoms with Gasteiger partial charge in [-0.3, -0.25) is 4.79 Å². The highest BCUT2D eigenvalue weighted by Gasteiger charge is 2.35. The van der Waals surface area contributed by atoms with E-state index < -0.39 is 0 Å². The molecule has 4 nitrogen and oxygen atoms in total. The summed E-state index contributed by atoms with van der Waals surface area (Å²) in [4.78, 5) is 17.7. The summed E-state index contributed by atoms with van der Waals surface area (Å²) in [6, 6.07) is 39.3. The first kappa shape index (κ1) is 41.3. The van der Waals surface area contributed by atoms with Crippen molar-refractivity contribution in [3.8, 4) is 0 Å². The van der Waals surface area contributed by atoms with Crippen LogP contribution in [0.4, 0.5) is 27.8 Å². The standard InChI is InChI=1S/C52H56N2O2S2/c1-5-9-13-37-17-25-41(26-18-37)53(42-27-19-38(20-28-42)14-10-6-2)47-35-33-45(57-47)49-51(55)50(52(49)56)46-34-36-48(58-46)54(43-29-21-39(22-30-43)15-11-7-3)44-31-23-40(24-32-44)16-12-8-4/h17-36H,5-16H2,1-4H3. The fraction of sp³-hybridized carbons (Fsp3) is 0.308. The second-order valence-electron chi connectivity index (χ2n) is 15.4. The number of allylic oxidation sites excluding steroid dienone is 3.